The van der Waals surface area contributed by atoms with Crippen molar-refractivity contribution in [2.45, 2.75) is 13.3 Å². The van der Waals surface area contributed by atoms with E-state index in [1.54, 1.807) is 12.1 Å². The van der Waals surface area contributed by atoms with Gasteiger partial charge < -0.3 is 10.6 Å². The van der Waals surface area contributed by atoms with E-state index in [1.165, 1.54) is 12.1 Å². The molecule has 2 amide bonds. The number of aryl methyl sites for hydroxylation is 1. The quantitative estimate of drug-likeness (QED) is 0.878. The van der Waals surface area contributed by atoms with Gasteiger partial charge in [0.1, 0.15) is 5.82 Å². The van der Waals surface area contributed by atoms with Crippen molar-refractivity contribution >= 4 is 29.1 Å². The number of hydrogen-bond acceptors (Lipinski definition) is 2. The first-order valence-electron chi connectivity index (χ1n) is 7.06. The van der Waals surface area contributed by atoms with Crippen LogP contribution in [0.2, 0.25) is 5.02 Å². The van der Waals surface area contributed by atoms with Gasteiger partial charge in [-0.05, 0) is 36.8 Å². The Morgan fingerprint density at radius 2 is 1.91 bits per heavy atom. The van der Waals surface area contributed by atoms with Crippen LogP contribution in [-0.4, -0.2) is 18.4 Å². The molecule has 0 heterocycles. The van der Waals surface area contributed by atoms with E-state index in [1.807, 2.05) is 19.1 Å². The van der Waals surface area contributed by atoms with E-state index in [0.29, 0.717) is 5.56 Å². The number of nitrogens with one attached hydrogen (secondary N) is 2. The highest BCUT2D eigenvalue weighted by molar-refractivity contribution is 6.30. The summed E-state index contributed by atoms with van der Waals surface area (Å²) in [6, 6.07) is 11.2. The molecule has 6 heteroatoms. The highest BCUT2D eigenvalue weighted by atomic mass is 35.5. The number of rotatable bonds is 5. The van der Waals surface area contributed by atoms with Gasteiger partial charge in [-0.25, -0.2) is 4.39 Å². The Morgan fingerprint density at radius 3 is 2.61 bits per heavy atom. The molecule has 0 saturated carbocycles. The molecule has 0 aliphatic heterocycles. The lowest BCUT2D eigenvalue weighted by Crippen LogP contribution is -2.28. The number of amides is 2. The van der Waals surface area contributed by atoms with Gasteiger partial charge in [0.15, 0.2) is 0 Å². The highest BCUT2D eigenvalue weighted by Gasteiger charge is 2.10. The number of halogens is 2. The van der Waals surface area contributed by atoms with E-state index in [2.05, 4.69) is 10.6 Å². The maximum absolute atomic E-state index is 13.6. The largest absolute Gasteiger partial charge is 0.352 e. The number of hydrogen-bond donors (Lipinski definition) is 2. The summed E-state index contributed by atoms with van der Waals surface area (Å²) in [5.74, 6) is -1.24. The predicted molar refractivity (Wildman–Crippen MR) is 88.2 cm³/mol. The van der Waals surface area contributed by atoms with E-state index in [9.17, 15) is 14.0 Å². The Morgan fingerprint density at radius 1 is 1.17 bits per heavy atom. The van der Waals surface area contributed by atoms with Gasteiger partial charge in [0.05, 0.1) is 5.69 Å². The molecule has 4 nitrogen and oxygen atoms in total. The van der Waals surface area contributed by atoms with Crippen LogP contribution in [-0.2, 0) is 4.79 Å². The molecule has 120 valence electrons. The van der Waals surface area contributed by atoms with Crippen LogP contribution in [0, 0.1) is 12.7 Å². The molecular weight excluding hydrogens is 319 g/mol. The third kappa shape index (κ3) is 4.79. The van der Waals surface area contributed by atoms with Gasteiger partial charge in [0.2, 0.25) is 5.91 Å². The second-order valence-corrected chi connectivity index (χ2v) is 5.43. The van der Waals surface area contributed by atoms with Gasteiger partial charge in [0.25, 0.3) is 5.91 Å². The Kier molecular flexibility index (Phi) is 5.71. The van der Waals surface area contributed by atoms with Crippen molar-refractivity contribution in [1.29, 1.82) is 0 Å². The van der Waals surface area contributed by atoms with Gasteiger partial charge in [-0.15, -0.1) is 0 Å². The van der Waals surface area contributed by atoms with Gasteiger partial charge in [-0.1, -0.05) is 29.8 Å². The average molecular weight is 335 g/mol. The first kappa shape index (κ1) is 17.0. The van der Waals surface area contributed by atoms with E-state index in [-0.39, 0.29) is 29.6 Å². The summed E-state index contributed by atoms with van der Waals surface area (Å²) in [5, 5.41) is 5.36. The fraction of sp³-hybridized carbons (Fsp3) is 0.176. The summed E-state index contributed by atoms with van der Waals surface area (Å²) in [4.78, 5) is 23.8. The smallest absolute Gasteiger partial charge is 0.251 e. The SMILES string of the molecule is Cc1ccccc1C(=O)NCCC(=O)Nc1ccc(Cl)cc1F. The lowest BCUT2D eigenvalue weighted by molar-refractivity contribution is -0.116. The minimum Gasteiger partial charge on any atom is -0.352 e. The molecule has 0 aromatic heterocycles. The Labute approximate surface area is 138 Å². The number of carbonyl (C=O) groups excluding carboxylic acids is 2. The maximum atomic E-state index is 13.6. The van der Waals surface area contributed by atoms with Crippen LogP contribution in [0.4, 0.5) is 10.1 Å². The van der Waals surface area contributed by atoms with Crippen LogP contribution in [0.3, 0.4) is 0 Å². The van der Waals surface area contributed by atoms with Crippen molar-refractivity contribution < 1.29 is 14.0 Å². The van der Waals surface area contributed by atoms with Crippen LogP contribution in [0.25, 0.3) is 0 Å². The summed E-state index contributed by atoms with van der Waals surface area (Å²) in [5.41, 5.74) is 1.49. The Balaban J connectivity index is 1.83. The molecule has 0 bridgehead atoms. The fourth-order valence-corrected chi connectivity index (χ4v) is 2.17. The summed E-state index contributed by atoms with van der Waals surface area (Å²) >= 11 is 5.64. The molecule has 2 aromatic carbocycles. The zero-order valence-corrected chi connectivity index (χ0v) is 13.3. The molecule has 0 fully saturated rings. The van der Waals surface area contributed by atoms with Crippen molar-refractivity contribution in [1.82, 2.24) is 5.32 Å². The fourth-order valence-electron chi connectivity index (χ4n) is 2.02. The average Bonchev–Trinajstić information content (AvgIpc) is 2.50. The highest BCUT2D eigenvalue weighted by Crippen LogP contribution is 2.18. The molecule has 0 radical (unpaired) electrons. The third-order valence-corrected chi connectivity index (χ3v) is 3.47. The minimum absolute atomic E-state index is 0.0414. The zero-order valence-electron chi connectivity index (χ0n) is 12.5. The molecule has 2 aromatic rings. The van der Waals surface area contributed by atoms with Gasteiger partial charge in [0, 0.05) is 23.6 Å². The molecule has 0 atom stereocenters. The van der Waals surface area contributed by atoms with Gasteiger partial charge in [-0.3, -0.25) is 9.59 Å². The number of anilines is 1. The predicted octanol–water partition coefficient (Wildman–Crippen LogP) is 3.55. The monoisotopic (exact) mass is 334 g/mol. The van der Waals surface area contributed by atoms with Crippen LogP contribution >= 0.6 is 11.6 Å². The minimum atomic E-state index is -0.602. The molecule has 2 N–H and O–H groups in total. The lowest BCUT2D eigenvalue weighted by atomic mass is 10.1. The molecular formula is C17H16ClFN2O2. The summed E-state index contributed by atoms with van der Waals surface area (Å²) in [7, 11) is 0. The van der Waals surface area contributed by atoms with Crippen molar-refractivity contribution in [2.75, 3.05) is 11.9 Å². The molecule has 23 heavy (non-hydrogen) atoms. The van der Waals surface area contributed by atoms with Crippen molar-refractivity contribution in [2.24, 2.45) is 0 Å². The number of carbonyl (C=O) groups is 2. The molecule has 0 aliphatic carbocycles. The van der Waals surface area contributed by atoms with Crippen molar-refractivity contribution in [3.8, 4) is 0 Å². The van der Waals surface area contributed by atoms with Crippen LogP contribution in [0.5, 0.6) is 0 Å². The molecule has 0 spiro atoms. The second kappa shape index (κ2) is 7.74. The van der Waals surface area contributed by atoms with Crippen LogP contribution < -0.4 is 10.6 Å². The summed E-state index contributed by atoms with van der Waals surface area (Å²) in [6.45, 7) is 2.00. The standard InChI is InChI=1S/C17H16ClFN2O2/c1-11-4-2-3-5-13(11)17(23)20-9-8-16(22)21-15-7-6-12(18)10-14(15)19/h2-7,10H,8-9H2,1H3,(H,20,23)(H,21,22). The molecule has 0 saturated heterocycles. The van der Waals surface area contributed by atoms with Gasteiger partial charge in [-0.2, -0.15) is 0 Å². The lowest BCUT2D eigenvalue weighted by Gasteiger charge is -2.09. The first-order valence-corrected chi connectivity index (χ1v) is 7.44. The van der Waals surface area contributed by atoms with Gasteiger partial charge >= 0.3 is 0 Å². The Hall–Kier alpha value is -2.40. The normalized spacial score (nSPS) is 10.2. The maximum Gasteiger partial charge on any atom is 0.251 e. The van der Waals surface area contributed by atoms with Crippen LogP contribution in [0.1, 0.15) is 22.3 Å². The summed E-state index contributed by atoms with van der Waals surface area (Å²) in [6.07, 6.45) is 0.0414. The third-order valence-electron chi connectivity index (χ3n) is 3.23. The molecule has 0 unspecified atom stereocenters. The van der Waals surface area contributed by atoms with Crippen molar-refractivity contribution in [3.63, 3.8) is 0 Å². The van der Waals surface area contributed by atoms with E-state index in [0.717, 1.165) is 11.6 Å². The second-order valence-electron chi connectivity index (χ2n) is 4.99. The molecule has 0 aliphatic rings. The van der Waals surface area contributed by atoms with E-state index >= 15 is 0 Å². The molecule has 2 rings (SSSR count). The van der Waals surface area contributed by atoms with Crippen LogP contribution in [0.15, 0.2) is 42.5 Å². The Bertz CT molecular complexity index is 734. The van der Waals surface area contributed by atoms with E-state index in [4.69, 9.17) is 11.6 Å². The zero-order chi connectivity index (χ0) is 16.8. The van der Waals surface area contributed by atoms with E-state index < -0.39 is 11.7 Å². The summed E-state index contributed by atoms with van der Waals surface area (Å²) < 4.78 is 13.6. The topological polar surface area (TPSA) is 58.2 Å². The van der Waals surface area contributed by atoms with Crippen molar-refractivity contribution in [3.05, 3.63) is 64.4 Å². The number of benzene rings is 2. The first-order chi connectivity index (χ1) is 11.0.